The van der Waals surface area contributed by atoms with Gasteiger partial charge in [0.25, 0.3) is 0 Å². The summed E-state index contributed by atoms with van der Waals surface area (Å²) in [6, 6.07) is 9.62. The minimum Gasteiger partial charge on any atom is -0.445 e. The highest BCUT2D eigenvalue weighted by molar-refractivity contribution is 5.92. The molecule has 5 heteroatoms. The number of hydrogen-bond acceptors (Lipinski definition) is 4. The lowest BCUT2D eigenvalue weighted by molar-refractivity contribution is 0.0975. The smallest absolute Gasteiger partial charge is 0.410 e. The van der Waals surface area contributed by atoms with Crippen molar-refractivity contribution >= 4 is 11.8 Å². The van der Waals surface area contributed by atoms with Crippen molar-refractivity contribution < 1.29 is 14.7 Å². The molecule has 112 valence electrons. The molecule has 0 spiro atoms. The van der Waals surface area contributed by atoms with E-state index in [-0.39, 0.29) is 18.7 Å². The number of carbonyl (C=O) groups excluding carboxylic acids is 1. The molecule has 0 unspecified atom stereocenters. The second-order valence-electron chi connectivity index (χ2n) is 5.04. The normalized spacial score (nSPS) is 19.2. The van der Waals surface area contributed by atoms with Gasteiger partial charge in [-0.25, -0.2) is 4.79 Å². The van der Waals surface area contributed by atoms with Crippen LogP contribution in [0, 0.1) is 0 Å². The number of amides is 1. The first-order valence-electron chi connectivity index (χ1n) is 7.05. The van der Waals surface area contributed by atoms with Crippen LogP contribution in [0.3, 0.4) is 0 Å². The number of benzene rings is 1. The fraction of sp³-hybridized carbons (Fsp3) is 0.375. The van der Waals surface area contributed by atoms with E-state index in [1.165, 1.54) is 0 Å². The molecule has 1 saturated heterocycles. The lowest BCUT2D eigenvalue weighted by Gasteiger charge is -2.21. The third-order valence-corrected chi connectivity index (χ3v) is 3.46. The molecule has 0 radical (unpaired) electrons. The average molecular weight is 288 g/mol. The summed E-state index contributed by atoms with van der Waals surface area (Å²) in [7, 11) is 0. The SMILES string of the molecule is CC(/C=C/[C@@H]1CCCN1C(=O)OCc1ccccc1)=N\O. The van der Waals surface area contributed by atoms with Crippen LogP contribution in [0.25, 0.3) is 0 Å². The zero-order valence-electron chi connectivity index (χ0n) is 12.1. The number of allylic oxidation sites excluding steroid dienone is 1. The molecule has 2 rings (SSSR count). The first kappa shape index (κ1) is 15.1. The summed E-state index contributed by atoms with van der Waals surface area (Å²) in [6.07, 6.45) is 5.14. The first-order chi connectivity index (χ1) is 10.2. The number of ether oxygens (including phenoxy) is 1. The number of nitrogens with zero attached hydrogens (tertiary/aromatic N) is 2. The maximum atomic E-state index is 12.1. The minimum atomic E-state index is -0.301. The van der Waals surface area contributed by atoms with Crippen LogP contribution < -0.4 is 0 Å². The van der Waals surface area contributed by atoms with Gasteiger partial charge in [0.2, 0.25) is 0 Å². The highest BCUT2D eigenvalue weighted by Gasteiger charge is 2.27. The van der Waals surface area contributed by atoms with Crippen molar-refractivity contribution in [1.29, 1.82) is 0 Å². The van der Waals surface area contributed by atoms with Gasteiger partial charge in [-0.05, 0) is 31.4 Å². The van der Waals surface area contributed by atoms with Crippen molar-refractivity contribution in [3.05, 3.63) is 48.0 Å². The highest BCUT2D eigenvalue weighted by Crippen LogP contribution is 2.20. The average Bonchev–Trinajstić information content (AvgIpc) is 2.99. The van der Waals surface area contributed by atoms with E-state index in [1.807, 2.05) is 36.4 Å². The van der Waals surface area contributed by atoms with Gasteiger partial charge in [-0.1, -0.05) is 41.6 Å². The molecule has 5 nitrogen and oxygen atoms in total. The van der Waals surface area contributed by atoms with E-state index in [2.05, 4.69) is 5.16 Å². The van der Waals surface area contributed by atoms with E-state index in [1.54, 1.807) is 17.9 Å². The number of oxime groups is 1. The summed E-state index contributed by atoms with van der Waals surface area (Å²) in [4.78, 5) is 13.8. The molecule has 1 aromatic carbocycles. The predicted octanol–water partition coefficient (Wildman–Crippen LogP) is 3.19. The maximum Gasteiger partial charge on any atom is 0.410 e. The Morgan fingerprint density at radius 1 is 1.48 bits per heavy atom. The van der Waals surface area contributed by atoms with Gasteiger partial charge in [-0.2, -0.15) is 0 Å². The lowest BCUT2D eigenvalue weighted by Crippen LogP contribution is -2.34. The molecule has 0 bridgehead atoms. The molecule has 1 atom stereocenters. The molecule has 1 aromatic rings. The molecular formula is C16H20N2O3. The van der Waals surface area contributed by atoms with Crippen molar-refractivity contribution in [1.82, 2.24) is 4.90 Å². The third-order valence-electron chi connectivity index (χ3n) is 3.46. The van der Waals surface area contributed by atoms with E-state index in [9.17, 15) is 4.79 Å². The molecule has 1 aliphatic rings. The molecule has 0 aliphatic carbocycles. The standard InChI is InChI=1S/C16H20N2O3/c1-13(17-20)9-10-15-8-5-11-18(15)16(19)21-12-14-6-3-2-4-7-14/h2-4,6-7,9-10,15,20H,5,8,11-12H2,1H3/b10-9+,17-13+/t15-/m0/s1. The van der Waals surface area contributed by atoms with Crippen molar-refractivity contribution in [2.24, 2.45) is 5.16 Å². The number of rotatable bonds is 4. The van der Waals surface area contributed by atoms with E-state index in [4.69, 9.17) is 9.94 Å². The number of likely N-dealkylation sites (tertiary alicyclic amines) is 1. The minimum absolute atomic E-state index is 0.00460. The number of hydrogen-bond donors (Lipinski definition) is 1. The molecule has 0 aromatic heterocycles. The topological polar surface area (TPSA) is 62.1 Å². The van der Waals surface area contributed by atoms with Gasteiger partial charge >= 0.3 is 6.09 Å². The van der Waals surface area contributed by atoms with Gasteiger partial charge in [0, 0.05) is 6.54 Å². The maximum absolute atomic E-state index is 12.1. The quantitative estimate of drug-likeness (QED) is 0.526. The predicted molar refractivity (Wildman–Crippen MR) is 80.4 cm³/mol. The molecule has 21 heavy (non-hydrogen) atoms. The van der Waals surface area contributed by atoms with Crippen LogP contribution in [-0.4, -0.2) is 34.5 Å². The summed E-state index contributed by atoms with van der Waals surface area (Å²) in [5, 5.41) is 11.7. The summed E-state index contributed by atoms with van der Waals surface area (Å²) >= 11 is 0. The Kier molecular flexibility index (Phi) is 5.37. The Hall–Kier alpha value is -2.30. The molecule has 1 N–H and O–H groups in total. The van der Waals surface area contributed by atoms with Gasteiger partial charge < -0.3 is 14.8 Å². The molecule has 1 fully saturated rings. The van der Waals surface area contributed by atoms with Crippen LogP contribution in [0.2, 0.25) is 0 Å². The monoisotopic (exact) mass is 288 g/mol. The molecule has 1 aliphatic heterocycles. The summed E-state index contributed by atoms with van der Waals surface area (Å²) < 4.78 is 5.35. The molecule has 1 amide bonds. The van der Waals surface area contributed by atoms with Gasteiger partial charge in [0.05, 0.1) is 11.8 Å². The molecule has 0 saturated carbocycles. The Morgan fingerprint density at radius 2 is 2.24 bits per heavy atom. The van der Waals surface area contributed by atoms with Gasteiger partial charge in [-0.3, -0.25) is 0 Å². The largest absolute Gasteiger partial charge is 0.445 e. The zero-order chi connectivity index (χ0) is 15.1. The van der Waals surface area contributed by atoms with Crippen LogP contribution in [0.5, 0.6) is 0 Å². The second kappa shape index (κ2) is 7.47. The second-order valence-corrected chi connectivity index (χ2v) is 5.04. The van der Waals surface area contributed by atoms with Crippen molar-refractivity contribution in [3.63, 3.8) is 0 Å². The molecular weight excluding hydrogens is 268 g/mol. The van der Waals surface area contributed by atoms with Crippen LogP contribution in [0.15, 0.2) is 47.6 Å². The van der Waals surface area contributed by atoms with E-state index in [0.29, 0.717) is 12.3 Å². The lowest BCUT2D eigenvalue weighted by atomic mass is 10.2. The van der Waals surface area contributed by atoms with Crippen molar-refractivity contribution in [2.45, 2.75) is 32.4 Å². The van der Waals surface area contributed by atoms with Gasteiger partial charge in [0.1, 0.15) is 6.61 Å². The Morgan fingerprint density at radius 3 is 2.95 bits per heavy atom. The Balaban J connectivity index is 1.90. The van der Waals surface area contributed by atoms with E-state index in [0.717, 1.165) is 18.4 Å². The van der Waals surface area contributed by atoms with E-state index >= 15 is 0 Å². The van der Waals surface area contributed by atoms with Crippen molar-refractivity contribution in [2.75, 3.05) is 6.54 Å². The Labute approximate surface area is 124 Å². The fourth-order valence-electron chi connectivity index (χ4n) is 2.31. The molecule has 1 heterocycles. The Bertz CT molecular complexity index is 526. The van der Waals surface area contributed by atoms with Gasteiger partial charge in [-0.15, -0.1) is 0 Å². The van der Waals surface area contributed by atoms with Crippen LogP contribution in [0.4, 0.5) is 4.79 Å². The van der Waals surface area contributed by atoms with Crippen molar-refractivity contribution in [3.8, 4) is 0 Å². The van der Waals surface area contributed by atoms with Gasteiger partial charge in [0.15, 0.2) is 0 Å². The summed E-state index contributed by atoms with van der Waals surface area (Å²) in [5.74, 6) is 0. The zero-order valence-corrected chi connectivity index (χ0v) is 12.1. The summed E-state index contributed by atoms with van der Waals surface area (Å²) in [6.45, 7) is 2.67. The van der Waals surface area contributed by atoms with Crippen LogP contribution >= 0.6 is 0 Å². The van der Waals surface area contributed by atoms with Crippen LogP contribution in [0.1, 0.15) is 25.3 Å². The van der Waals surface area contributed by atoms with Crippen LogP contribution in [-0.2, 0) is 11.3 Å². The highest BCUT2D eigenvalue weighted by atomic mass is 16.6. The van der Waals surface area contributed by atoms with E-state index < -0.39 is 0 Å². The number of carbonyl (C=O) groups is 1. The first-order valence-corrected chi connectivity index (χ1v) is 7.05. The fourth-order valence-corrected chi connectivity index (χ4v) is 2.31. The summed E-state index contributed by atoms with van der Waals surface area (Å²) in [5.41, 5.74) is 1.49. The third kappa shape index (κ3) is 4.34.